The highest BCUT2D eigenvalue weighted by Crippen LogP contribution is 2.40. The van der Waals surface area contributed by atoms with Crippen molar-refractivity contribution in [3.63, 3.8) is 0 Å². The van der Waals surface area contributed by atoms with E-state index in [9.17, 15) is 5.11 Å². The van der Waals surface area contributed by atoms with Crippen molar-refractivity contribution >= 4 is 11.3 Å². The van der Waals surface area contributed by atoms with Gasteiger partial charge in [0, 0.05) is 18.0 Å². The monoisotopic (exact) mass is 315 g/mol. The highest BCUT2D eigenvalue weighted by molar-refractivity contribution is 7.09. The molecular formula is C19H25NOS. The summed E-state index contributed by atoms with van der Waals surface area (Å²) in [7, 11) is 0. The molecule has 1 aromatic carbocycles. The summed E-state index contributed by atoms with van der Waals surface area (Å²) < 4.78 is 0. The Hall–Kier alpha value is -1.32. The summed E-state index contributed by atoms with van der Waals surface area (Å²) >= 11 is 1.86. The SMILES string of the molecule is C[C@H]1CN(CCc2cccs2)CC[C@]1(C)c1cccc(O)c1. The number of nitrogens with zero attached hydrogens (tertiary/aromatic N) is 1. The molecule has 1 aliphatic rings. The third-order valence-electron chi connectivity index (χ3n) is 5.33. The molecule has 2 atom stereocenters. The molecule has 1 aliphatic heterocycles. The molecule has 0 saturated carbocycles. The first-order valence-corrected chi connectivity index (χ1v) is 9.00. The molecule has 3 heteroatoms. The number of likely N-dealkylation sites (tertiary alicyclic amines) is 1. The summed E-state index contributed by atoms with van der Waals surface area (Å²) in [4.78, 5) is 4.07. The Balaban J connectivity index is 1.64. The van der Waals surface area contributed by atoms with Crippen LogP contribution in [0.15, 0.2) is 41.8 Å². The molecule has 1 fully saturated rings. The minimum Gasteiger partial charge on any atom is -0.508 e. The van der Waals surface area contributed by atoms with Gasteiger partial charge in [0.25, 0.3) is 0 Å². The van der Waals surface area contributed by atoms with Crippen molar-refractivity contribution < 1.29 is 5.11 Å². The molecule has 1 N–H and O–H groups in total. The number of phenols is 1. The average molecular weight is 315 g/mol. The van der Waals surface area contributed by atoms with E-state index in [0.29, 0.717) is 11.7 Å². The number of hydrogen-bond donors (Lipinski definition) is 1. The summed E-state index contributed by atoms with van der Waals surface area (Å²) in [5.41, 5.74) is 1.44. The van der Waals surface area contributed by atoms with E-state index in [1.165, 1.54) is 10.4 Å². The Morgan fingerprint density at radius 3 is 2.86 bits per heavy atom. The Bertz CT molecular complexity index is 610. The van der Waals surface area contributed by atoms with Gasteiger partial charge in [-0.3, -0.25) is 0 Å². The van der Waals surface area contributed by atoms with Crippen LogP contribution >= 0.6 is 11.3 Å². The van der Waals surface area contributed by atoms with Gasteiger partial charge in [0.1, 0.15) is 5.75 Å². The van der Waals surface area contributed by atoms with E-state index < -0.39 is 0 Å². The topological polar surface area (TPSA) is 23.5 Å². The predicted molar refractivity (Wildman–Crippen MR) is 93.7 cm³/mol. The lowest BCUT2D eigenvalue weighted by molar-refractivity contribution is 0.112. The quantitative estimate of drug-likeness (QED) is 0.909. The first-order chi connectivity index (χ1) is 10.6. The largest absolute Gasteiger partial charge is 0.508 e. The number of piperidine rings is 1. The van der Waals surface area contributed by atoms with Crippen molar-refractivity contribution in [3.05, 3.63) is 52.2 Å². The Labute approximate surface area is 137 Å². The lowest BCUT2D eigenvalue weighted by atomic mass is 9.68. The predicted octanol–water partition coefficient (Wildman–Crippen LogP) is 4.30. The fourth-order valence-corrected chi connectivity index (χ4v) is 4.23. The van der Waals surface area contributed by atoms with Gasteiger partial charge in [-0.25, -0.2) is 0 Å². The van der Waals surface area contributed by atoms with Gasteiger partial charge < -0.3 is 10.0 Å². The van der Waals surface area contributed by atoms with E-state index in [4.69, 9.17) is 0 Å². The second-order valence-electron chi connectivity index (χ2n) is 6.75. The third-order valence-corrected chi connectivity index (χ3v) is 6.26. The smallest absolute Gasteiger partial charge is 0.115 e. The van der Waals surface area contributed by atoms with Crippen LogP contribution in [0.4, 0.5) is 0 Å². The van der Waals surface area contributed by atoms with Crippen molar-refractivity contribution in [2.75, 3.05) is 19.6 Å². The molecule has 0 aliphatic carbocycles. The third kappa shape index (κ3) is 3.21. The second kappa shape index (κ2) is 6.43. The van der Waals surface area contributed by atoms with E-state index in [-0.39, 0.29) is 5.41 Å². The zero-order valence-electron chi connectivity index (χ0n) is 13.5. The van der Waals surface area contributed by atoms with Gasteiger partial charge >= 0.3 is 0 Å². The summed E-state index contributed by atoms with van der Waals surface area (Å²) in [6, 6.07) is 12.2. The van der Waals surface area contributed by atoms with Gasteiger partial charge in [0.05, 0.1) is 0 Å². The zero-order chi connectivity index (χ0) is 15.6. The number of aromatic hydroxyl groups is 1. The highest BCUT2D eigenvalue weighted by Gasteiger charge is 2.37. The molecule has 0 bridgehead atoms. The lowest BCUT2D eigenvalue weighted by Gasteiger charge is -2.45. The number of thiophene rings is 1. The number of rotatable bonds is 4. The normalized spacial score (nSPS) is 26.2. The van der Waals surface area contributed by atoms with Gasteiger partial charge in [0.2, 0.25) is 0 Å². The minimum absolute atomic E-state index is 0.165. The number of phenolic OH excluding ortho intramolecular Hbond substituents is 1. The maximum absolute atomic E-state index is 9.78. The molecule has 0 spiro atoms. The zero-order valence-corrected chi connectivity index (χ0v) is 14.3. The molecule has 3 rings (SSSR count). The van der Waals surface area contributed by atoms with Crippen LogP contribution in [-0.2, 0) is 11.8 Å². The molecule has 2 aromatic rings. The Morgan fingerprint density at radius 1 is 1.32 bits per heavy atom. The standard InChI is InChI=1S/C19H25NOS/c1-15-14-20(10-8-18-7-4-12-22-18)11-9-19(15,2)16-5-3-6-17(21)13-16/h3-7,12-13,15,21H,8-11,14H2,1-2H3/t15-,19-/m0/s1. The molecule has 2 nitrogen and oxygen atoms in total. The van der Waals surface area contributed by atoms with Gasteiger partial charge in [-0.2, -0.15) is 0 Å². The first-order valence-electron chi connectivity index (χ1n) is 8.12. The average Bonchev–Trinajstić information content (AvgIpc) is 3.02. The van der Waals surface area contributed by atoms with Gasteiger partial charge in [-0.15, -0.1) is 11.3 Å². The minimum atomic E-state index is 0.165. The van der Waals surface area contributed by atoms with Gasteiger partial charge in [0.15, 0.2) is 0 Å². The van der Waals surface area contributed by atoms with E-state index in [0.717, 1.165) is 32.5 Å². The highest BCUT2D eigenvalue weighted by atomic mass is 32.1. The van der Waals surface area contributed by atoms with Crippen LogP contribution in [0, 0.1) is 5.92 Å². The van der Waals surface area contributed by atoms with Crippen LogP contribution in [0.2, 0.25) is 0 Å². The fraction of sp³-hybridized carbons (Fsp3) is 0.474. The van der Waals surface area contributed by atoms with Crippen LogP contribution in [0.3, 0.4) is 0 Å². The molecule has 22 heavy (non-hydrogen) atoms. The Kier molecular flexibility index (Phi) is 4.55. The van der Waals surface area contributed by atoms with Crippen molar-refractivity contribution in [2.24, 2.45) is 5.92 Å². The molecule has 1 saturated heterocycles. The van der Waals surface area contributed by atoms with Crippen LogP contribution in [0.5, 0.6) is 5.75 Å². The maximum atomic E-state index is 9.78. The van der Waals surface area contributed by atoms with Crippen molar-refractivity contribution in [1.82, 2.24) is 4.90 Å². The van der Waals surface area contributed by atoms with Crippen LogP contribution < -0.4 is 0 Å². The maximum Gasteiger partial charge on any atom is 0.115 e. The van der Waals surface area contributed by atoms with E-state index in [2.05, 4.69) is 42.3 Å². The molecule has 0 amide bonds. The Morgan fingerprint density at radius 2 is 2.18 bits per heavy atom. The molecule has 1 aromatic heterocycles. The number of hydrogen-bond acceptors (Lipinski definition) is 3. The van der Waals surface area contributed by atoms with Crippen LogP contribution in [-0.4, -0.2) is 29.6 Å². The number of benzene rings is 1. The van der Waals surface area contributed by atoms with Crippen LogP contribution in [0.1, 0.15) is 30.7 Å². The molecule has 0 radical (unpaired) electrons. The van der Waals surface area contributed by atoms with E-state index >= 15 is 0 Å². The van der Waals surface area contributed by atoms with Crippen molar-refractivity contribution in [2.45, 2.75) is 32.1 Å². The van der Waals surface area contributed by atoms with E-state index in [1.54, 1.807) is 6.07 Å². The summed E-state index contributed by atoms with van der Waals surface area (Å²) in [6.45, 7) is 8.13. The first kappa shape index (κ1) is 15.6. The summed E-state index contributed by atoms with van der Waals surface area (Å²) in [5.74, 6) is 0.970. The van der Waals surface area contributed by atoms with Crippen molar-refractivity contribution in [3.8, 4) is 5.75 Å². The molecule has 0 unspecified atom stereocenters. The molecule has 2 heterocycles. The van der Waals surface area contributed by atoms with E-state index in [1.807, 2.05) is 23.5 Å². The molecule has 118 valence electrons. The summed E-state index contributed by atoms with van der Waals surface area (Å²) in [5, 5.41) is 11.9. The fourth-order valence-electron chi connectivity index (χ4n) is 3.53. The van der Waals surface area contributed by atoms with Gasteiger partial charge in [-0.05, 0) is 59.9 Å². The molecular weight excluding hydrogens is 290 g/mol. The second-order valence-corrected chi connectivity index (χ2v) is 7.78. The van der Waals surface area contributed by atoms with Gasteiger partial charge in [-0.1, -0.05) is 32.0 Å². The van der Waals surface area contributed by atoms with Crippen LogP contribution in [0.25, 0.3) is 0 Å². The lowest BCUT2D eigenvalue weighted by Crippen LogP contribution is -2.47. The van der Waals surface area contributed by atoms with Crippen molar-refractivity contribution in [1.29, 1.82) is 0 Å². The summed E-state index contributed by atoms with van der Waals surface area (Å²) in [6.07, 6.45) is 2.31.